The van der Waals surface area contributed by atoms with Gasteiger partial charge in [0.15, 0.2) is 0 Å². The van der Waals surface area contributed by atoms with Crippen LogP contribution in [0.2, 0.25) is 5.02 Å². The van der Waals surface area contributed by atoms with E-state index in [1.807, 2.05) is 18.2 Å². The average Bonchev–Trinajstić information content (AvgIpc) is 3.56. The fraction of sp³-hybridized carbons (Fsp3) is 0.618. The Morgan fingerprint density at radius 2 is 1.93 bits per heavy atom. The number of amides is 1. The molecule has 1 aromatic carbocycles. The average molecular weight is 629 g/mol. The Labute approximate surface area is 285 Å². The summed E-state index contributed by atoms with van der Waals surface area (Å²) < 4.78 is 11.8. The number of hydrogen-bond acceptors (Lipinski definition) is 8. The van der Waals surface area contributed by atoms with Crippen molar-refractivity contribution in [3.05, 3.63) is 60.0 Å². The summed E-state index contributed by atoms with van der Waals surface area (Å²) in [7, 11) is 3.42. The van der Waals surface area contributed by atoms with E-state index in [1.54, 1.807) is 14.1 Å². The van der Waals surface area contributed by atoms with Crippen LogP contribution in [0.1, 0.15) is 74.1 Å². The minimum Gasteiger partial charge on any atom is -0.462 e. The van der Waals surface area contributed by atoms with Crippen molar-refractivity contribution in [1.29, 1.82) is 0 Å². The second-order valence-electron chi connectivity index (χ2n) is 13.2. The molecule has 5 fully saturated rings. The third-order valence-electron chi connectivity index (χ3n) is 9.91. The van der Waals surface area contributed by atoms with Crippen LogP contribution in [0.25, 0.3) is 0 Å². The van der Waals surface area contributed by atoms with Gasteiger partial charge in [0.1, 0.15) is 13.2 Å². The maximum atomic E-state index is 11.9. The van der Waals surface area contributed by atoms with E-state index in [9.17, 15) is 4.79 Å². The molecular formula is C34H46ClLiN6O3-2. The van der Waals surface area contributed by atoms with E-state index in [4.69, 9.17) is 26.1 Å². The van der Waals surface area contributed by atoms with E-state index < -0.39 is 0 Å². The third-order valence-corrected chi connectivity index (χ3v) is 10.2. The molecule has 4 saturated heterocycles. The van der Waals surface area contributed by atoms with E-state index in [0.29, 0.717) is 49.3 Å². The fourth-order valence-electron chi connectivity index (χ4n) is 7.45. The van der Waals surface area contributed by atoms with E-state index in [2.05, 4.69) is 40.0 Å². The summed E-state index contributed by atoms with van der Waals surface area (Å²) >= 11 is 5.93. The number of hydrogen-bond donors (Lipinski definition) is 1. The molecule has 0 spiro atoms. The molecule has 5 aliphatic rings. The first-order chi connectivity index (χ1) is 21.3. The van der Waals surface area contributed by atoms with E-state index >= 15 is 0 Å². The molecule has 2 bridgehead atoms. The normalized spacial score (nSPS) is 26.8. The molecule has 45 heavy (non-hydrogen) atoms. The second kappa shape index (κ2) is 14.7. The fourth-order valence-corrected chi connectivity index (χ4v) is 7.73. The molecule has 4 aliphatic heterocycles. The maximum absolute atomic E-state index is 11.9. The van der Waals surface area contributed by atoms with Crippen molar-refractivity contribution >= 4 is 23.5 Å². The molecular weight excluding hydrogens is 583 g/mol. The molecule has 1 N–H and O–H groups in total. The number of anilines is 1. The van der Waals surface area contributed by atoms with Crippen molar-refractivity contribution in [2.24, 2.45) is 0 Å². The third kappa shape index (κ3) is 7.71. The SMILES string of the molecule is Clc1ccc[c-]c1C1CC1.[CH2-]Cc1c([CH2-])nc(OCC23CCCN2[C@@H](COC(=O)N(C)C)CC3)nc1N1CC2CCC(C1)N2.[Li+]. The summed E-state index contributed by atoms with van der Waals surface area (Å²) in [5.74, 6) is 1.65. The van der Waals surface area contributed by atoms with Crippen LogP contribution in [-0.4, -0.2) is 96.5 Å². The van der Waals surface area contributed by atoms with E-state index in [0.717, 1.165) is 61.7 Å². The molecule has 4 atom stereocenters. The van der Waals surface area contributed by atoms with Gasteiger partial charge in [-0.05, 0) is 63.8 Å². The molecule has 5 heterocycles. The minimum atomic E-state index is -0.288. The molecule has 0 radical (unpaired) electrons. The Morgan fingerprint density at radius 3 is 2.60 bits per heavy atom. The Kier molecular flexibility index (Phi) is 11.2. The number of ether oxygens (including phenoxy) is 2. The second-order valence-corrected chi connectivity index (χ2v) is 13.6. The number of aromatic nitrogens is 2. The summed E-state index contributed by atoms with van der Waals surface area (Å²) in [4.78, 5) is 27.7. The number of fused-ring (bicyclic) bond motifs is 3. The van der Waals surface area contributed by atoms with Gasteiger partial charge >= 0.3 is 31.0 Å². The predicted octanol–water partition coefficient (Wildman–Crippen LogP) is 2.07. The van der Waals surface area contributed by atoms with E-state index in [-0.39, 0.29) is 36.5 Å². The van der Waals surface area contributed by atoms with Crippen molar-refractivity contribution in [3.8, 4) is 6.01 Å². The van der Waals surface area contributed by atoms with Gasteiger partial charge in [0.25, 0.3) is 0 Å². The molecule has 1 amide bonds. The summed E-state index contributed by atoms with van der Waals surface area (Å²) in [6, 6.07) is 10.6. The minimum absolute atomic E-state index is 0. The first-order valence-electron chi connectivity index (χ1n) is 16.2. The molecule has 3 unspecified atom stereocenters. The number of nitrogens with zero attached hydrogens (tertiary/aromatic N) is 5. The molecule has 240 valence electrons. The van der Waals surface area contributed by atoms with Crippen LogP contribution in [0, 0.1) is 19.9 Å². The standard InChI is InChI=1S/C25H38N6O3.C9H8Cl.Li/c1-5-21-17(2)26-23(28-22(21)30-13-18-7-8-19(14-30)27-18)34-16-25-10-6-12-31(25)20(9-11-25)15-33-24(32)29(3)4;10-9-4-2-1-3-8(9)7-5-6-7;/h18-20,27H,1-2,5-16H2,3-4H3;1-2,4,7H,5-6H2;/q-2;-1;+1/t18?,19?,20-,25?;;/m1../s1. The predicted molar refractivity (Wildman–Crippen MR) is 172 cm³/mol. The van der Waals surface area contributed by atoms with Gasteiger partial charge in [-0.15, -0.1) is 5.56 Å². The molecule has 1 saturated carbocycles. The van der Waals surface area contributed by atoms with Crippen LogP contribution >= 0.6 is 11.6 Å². The van der Waals surface area contributed by atoms with Crippen LogP contribution in [-0.2, 0) is 11.2 Å². The zero-order valence-electron chi connectivity index (χ0n) is 27.2. The van der Waals surface area contributed by atoms with Gasteiger partial charge in [0.2, 0.25) is 0 Å². The first kappa shape index (κ1) is 34.2. The summed E-state index contributed by atoms with van der Waals surface area (Å²) in [5.41, 5.74) is 2.89. The van der Waals surface area contributed by atoms with Crippen molar-refractivity contribution in [1.82, 2.24) is 25.1 Å². The zero-order chi connectivity index (χ0) is 30.8. The Hall–Kier alpha value is -2.15. The smallest absolute Gasteiger partial charge is 0.462 e. The molecule has 1 aromatic heterocycles. The summed E-state index contributed by atoms with van der Waals surface area (Å²) in [6.45, 7) is 12.2. The van der Waals surface area contributed by atoms with Crippen LogP contribution in [0.4, 0.5) is 10.6 Å². The van der Waals surface area contributed by atoms with Crippen molar-refractivity contribution in [3.63, 3.8) is 0 Å². The number of halogens is 1. The zero-order valence-corrected chi connectivity index (χ0v) is 27.9. The van der Waals surface area contributed by atoms with Crippen molar-refractivity contribution < 1.29 is 33.1 Å². The van der Waals surface area contributed by atoms with Gasteiger partial charge in [-0.25, -0.2) is 23.1 Å². The van der Waals surface area contributed by atoms with Crippen LogP contribution in [0.3, 0.4) is 0 Å². The number of carbonyl (C=O) groups excluding carboxylic acids is 1. The summed E-state index contributed by atoms with van der Waals surface area (Å²) in [6.07, 6.45) is 9.57. The number of nitrogens with one attached hydrogen (secondary N) is 1. The largest absolute Gasteiger partial charge is 1.00 e. The maximum Gasteiger partial charge on any atom is 1.00 e. The van der Waals surface area contributed by atoms with Crippen LogP contribution < -0.4 is 33.8 Å². The van der Waals surface area contributed by atoms with E-state index in [1.165, 1.54) is 36.1 Å². The van der Waals surface area contributed by atoms with Gasteiger partial charge in [-0.2, -0.15) is 46.4 Å². The van der Waals surface area contributed by atoms with Crippen LogP contribution in [0.5, 0.6) is 6.01 Å². The number of benzene rings is 1. The quantitative estimate of drug-likeness (QED) is 0.352. The number of carbonyl (C=O) groups is 1. The van der Waals surface area contributed by atoms with Gasteiger partial charge in [0, 0.05) is 45.3 Å². The Morgan fingerprint density at radius 1 is 1.18 bits per heavy atom. The number of rotatable bonds is 8. The molecule has 9 nitrogen and oxygen atoms in total. The monoisotopic (exact) mass is 628 g/mol. The van der Waals surface area contributed by atoms with Gasteiger partial charge in [0.05, 0.1) is 11.4 Å². The first-order valence-corrected chi connectivity index (χ1v) is 16.6. The van der Waals surface area contributed by atoms with Gasteiger partial charge in [-0.3, -0.25) is 4.90 Å². The van der Waals surface area contributed by atoms with Crippen molar-refractivity contribution in [2.45, 2.75) is 87.4 Å². The topological polar surface area (TPSA) is 83.1 Å². The Balaban J connectivity index is 0.000000308. The van der Waals surface area contributed by atoms with Crippen LogP contribution in [0.15, 0.2) is 18.2 Å². The number of piperazine rings is 1. The van der Waals surface area contributed by atoms with Gasteiger partial charge < -0.3 is 31.5 Å². The molecule has 2 aromatic rings. The molecule has 11 heteroatoms. The van der Waals surface area contributed by atoms with Crippen molar-refractivity contribution in [2.75, 3.05) is 51.8 Å². The molecule has 1 aliphatic carbocycles. The molecule has 7 rings (SSSR count). The summed E-state index contributed by atoms with van der Waals surface area (Å²) in [5, 5.41) is 4.56. The Bertz CT molecular complexity index is 1320. The van der Waals surface area contributed by atoms with Gasteiger partial charge in [-0.1, -0.05) is 10.7 Å².